The van der Waals surface area contributed by atoms with Crippen molar-refractivity contribution < 1.29 is 33.1 Å². The van der Waals surface area contributed by atoms with Crippen LogP contribution in [0.15, 0.2) is 84.9 Å². The van der Waals surface area contributed by atoms with E-state index in [0.717, 1.165) is 31.4 Å². The predicted molar refractivity (Wildman–Crippen MR) is 191 cm³/mol. The van der Waals surface area contributed by atoms with Crippen LogP contribution in [0.3, 0.4) is 0 Å². The number of methoxy groups -OCH3 is 1. The van der Waals surface area contributed by atoms with Gasteiger partial charge in [0.1, 0.15) is 35.3 Å². The Morgan fingerprint density at radius 1 is 1.04 bits per heavy atom. The Kier molecular flexibility index (Phi) is 10.1. The second-order valence-electron chi connectivity index (χ2n) is 13.2. The normalized spacial score (nSPS) is 25.7. The van der Waals surface area contributed by atoms with Gasteiger partial charge in [-0.1, -0.05) is 60.6 Å². The molecule has 5 atom stereocenters. The minimum atomic E-state index is -1.24. The first-order chi connectivity index (χ1) is 24.8. The number of thiazole rings is 1. The molecule has 0 spiro atoms. The SMILES string of the molecule is COc1cccc(N[C@H]2CCCCC/C=C\[C@@H]3C[C@@]3(C(=O)NOc3ccccc3)NC(=O)[C@@H]3C[C@@H](Oc4nc5ccc(F)cc5s4)CN3C2=O)c1. The van der Waals surface area contributed by atoms with Gasteiger partial charge < -0.3 is 29.8 Å². The zero-order valence-corrected chi connectivity index (χ0v) is 29.0. The van der Waals surface area contributed by atoms with E-state index in [1.54, 1.807) is 42.3 Å². The van der Waals surface area contributed by atoms with Crippen molar-refractivity contribution in [1.29, 1.82) is 0 Å². The minimum absolute atomic E-state index is 0.122. The topological polar surface area (TPSA) is 131 Å². The molecular formula is C38H40FN5O6S. The van der Waals surface area contributed by atoms with Crippen molar-refractivity contribution in [3.8, 4) is 16.7 Å². The Morgan fingerprint density at radius 3 is 2.73 bits per heavy atom. The largest absolute Gasteiger partial charge is 0.497 e. The summed E-state index contributed by atoms with van der Waals surface area (Å²) < 4.78 is 26.2. The molecule has 0 radical (unpaired) electrons. The summed E-state index contributed by atoms with van der Waals surface area (Å²) in [6.45, 7) is 0.122. The highest BCUT2D eigenvalue weighted by Gasteiger charge is 2.61. The van der Waals surface area contributed by atoms with Crippen molar-refractivity contribution in [2.24, 2.45) is 5.92 Å². The number of hydroxylamine groups is 1. The first-order valence-corrected chi connectivity index (χ1v) is 18.1. The van der Waals surface area contributed by atoms with Crippen LogP contribution in [0.5, 0.6) is 16.7 Å². The average molecular weight is 714 g/mol. The highest BCUT2D eigenvalue weighted by molar-refractivity contribution is 7.20. The Balaban J connectivity index is 1.17. The highest BCUT2D eigenvalue weighted by atomic mass is 32.1. The van der Waals surface area contributed by atoms with E-state index in [2.05, 4.69) is 27.2 Å². The van der Waals surface area contributed by atoms with Crippen LogP contribution in [0.1, 0.15) is 44.9 Å². The maximum absolute atomic E-state index is 14.5. The summed E-state index contributed by atoms with van der Waals surface area (Å²) in [5.41, 5.74) is 2.61. The van der Waals surface area contributed by atoms with Crippen LogP contribution < -0.4 is 30.4 Å². The van der Waals surface area contributed by atoms with Crippen LogP contribution >= 0.6 is 11.3 Å². The first kappa shape index (κ1) is 34.3. The third kappa shape index (κ3) is 7.78. The number of rotatable bonds is 8. The number of allylic oxidation sites excluding steroid dienone is 1. The monoisotopic (exact) mass is 713 g/mol. The molecule has 11 nitrogen and oxygen atoms in total. The fourth-order valence-corrected chi connectivity index (χ4v) is 7.74. The maximum Gasteiger partial charge on any atom is 0.278 e. The summed E-state index contributed by atoms with van der Waals surface area (Å²) in [4.78, 5) is 54.2. The molecule has 3 aliphatic rings. The van der Waals surface area contributed by atoms with E-state index in [4.69, 9.17) is 14.3 Å². The molecule has 1 saturated heterocycles. The summed E-state index contributed by atoms with van der Waals surface area (Å²) in [6.07, 6.45) is 8.02. The number of para-hydroxylation sites is 1. The number of anilines is 1. The van der Waals surface area contributed by atoms with Crippen LogP contribution in [0.2, 0.25) is 0 Å². The van der Waals surface area contributed by atoms with E-state index in [1.165, 1.54) is 23.5 Å². The number of nitrogens with zero attached hydrogens (tertiary/aromatic N) is 2. The Bertz CT molecular complexity index is 1920. The number of hydrogen-bond acceptors (Lipinski definition) is 9. The van der Waals surface area contributed by atoms with Crippen molar-refractivity contribution in [3.05, 3.63) is 90.8 Å². The second kappa shape index (κ2) is 15.0. The molecule has 2 fully saturated rings. The fraction of sp³-hybridized carbons (Fsp3) is 0.368. The number of carbonyl (C=O) groups is 3. The number of hydrogen-bond donors (Lipinski definition) is 3. The van der Waals surface area contributed by atoms with Gasteiger partial charge in [-0.05, 0) is 68.1 Å². The van der Waals surface area contributed by atoms with Gasteiger partial charge >= 0.3 is 0 Å². The summed E-state index contributed by atoms with van der Waals surface area (Å²) >= 11 is 1.20. The van der Waals surface area contributed by atoms with Crippen LogP contribution in [0.4, 0.5) is 10.1 Å². The van der Waals surface area contributed by atoms with Gasteiger partial charge in [-0.25, -0.2) is 9.37 Å². The standard InChI is InChI=1S/C38H40FN5O6S/c1-48-28-15-10-12-26(20-28)40-31-16-9-4-2-3-6-11-24-22-38(24,36(47)43-50-27-13-7-5-8-14-27)42-34(45)32-21-29(23-44(32)35(31)46)49-37-41-30-18-17-25(39)19-33(30)51-37/h5-8,10-15,17-20,24,29,31-32,40H,2-4,9,16,21-23H2,1H3,(H,42,45)(H,43,47)/b11-6-/t24-,29-,31+,32+,38-/m1/s1. The molecule has 13 heteroatoms. The van der Waals surface area contributed by atoms with E-state index in [1.807, 2.05) is 36.4 Å². The quantitative estimate of drug-likeness (QED) is 0.155. The Hall–Kier alpha value is -5.17. The smallest absolute Gasteiger partial charge is 0.278 e. The molecular weight excluding hydrogens is 674 g/mol. The third-order valence-corrected chi connectivity index (χ3v) is 10.6. The summed E-state index contributed by atoms with van der Waals surface area (Å²) in [6, 6.07) is 19.0. The van der Waals surface area contributed by atoms with Crippen molar-refractivity contribution >= 4 is 45.0 Å². The number of nitrogens with one attached hydrogen (secondary N) is 3. The van der Waals surface area contributed by atoms with Gasteiger partial charge in [0.25, 0.3) is 11.1 Å². The van der Waals surface area contributed by atoms with Gasteiger partial charge in [0, 0.05) is 24.1 Å². The first-order valence-electron chi connectivity index (χ1n) is 17.3. The lowest BCUT2D eigenvalue weighted by Gasteiger charge is -2.30. The lowest BCUT2D eigenvalue weighted by molar-refractivity contribution is -0.141. The number of halogens is 1. The van der Waals surface area contributed by atoms with Crippen LogP contribution in [0.25, 0.3) is 10.2 Å². The molecule has 3 heterocycles. The van der Waals surface area contributed by atoms with E-state index in [0.29, 0.717) is 39.8 Å². The zero-order valence-electron chi connectivity index (χ0n) is 28.2. The predicted octanol–water partition coefficient (Wildman–Crippen LogP) is 5.78. The Morgan fingerprint density at radius 2 is 1.88 bits per heavy atom. The number of aromatic nitrogens is 1. The Labute approximate surface area is 299 Å². The lowest BCUT2D eigenvalue weighted by Crippen LogP contribution is -2.57. The molecule has 3 N–H and O–H groups in total. The maximum atomic E-state index is 14.5. The van der Waals surface area contributed by atoms with Crippen LogP contribution in [0, 0.1) is 11.7 Å². The van der Waals surface area contributed by atoms with Gasteiger partial charge in [-0.3, -0.25) is 14.4 Å². The number of benzene rings is 3. The van der Waals surface area contributed by atoms with Crippen molar-refractivity contribution in [2.45, 2.75) is 68.7 Å². The van der Waals surface area contributed by atoms with Gasteiger partial charge in [0.05, 0.1) is 23.9 Å². The molecule has 51 heavy (non-hydrogen) atoms. The van der Waals surface area contributed by atoms with E-state index >= 15 is 0 Å². The molecule has 266 valence electrons. The van der Waals surface area contributed by atoms with Crippen molar-refractivity contribution in [1.82, 2.24) is 20.7 Å². The van der Waals surface area contributed by atoms with Crippen LogP contribution in [-0.2, 0) is 14.4 Å². The molecule has 1 aliphatic carbocycles. The highest BCUT2D eigenvalue weighted by Crippen LogP contribution is 2.45. The zero-order chi connectivity index (χ0) is 35.4. The minimum Gasteiger partial charge on any atom is -0.497 e. The van der Waals surface area contributed by atoms with Crippen molar-refractivity contribution in [3.63, 3.8) is 0 Å². The molecule has 4 aromatic rings. The number of ether oxygens (including phenoxy) is 2. The average Bonchev–Trinajstić information content (AvgIpc) is 3.44. The summed E-state index contributed by atoms with van der Waals surface area (Å²) in [5.74, 6) is -0.684. The summed E-state index contributed by atoms with van der Waals surface area (Å²) in [7, 11) is 1.59. The molecule has 3 amide bonds. The fourth-order valence-electron chi connectivity index (χ4n) is 6.83. The van der Waals surface area contributed by atoms with Gasteiger partial charge in [-0.2, -0.15) is 5.48 Å². The number of carbonyl (C=O) groups excluding carboxylic acids is 3. The molecule has 2 aliphatic heterocycles. The molecule has 0 unspecified atom stereocenters. The molecule has 1 aromatic heterocycles. The van der Waals surface area contributed by atoms with Gasteiger partial charge in [0.15, 0.2) is 5.75 Å². The second-order valence-corrected chi connectivity index (χ2v) is 14.2. The van der Waals surface area contributed by atoms with Crippen LogP contribution in [-0.4, -0.2) is 65.0 Å². The number of fused-ring (bicyclic) bond motifs is 3. The van der Waals surface area contributed by atoms with Gasteiger partial charge in [0.2, 0.25) is 11.8 Å². The van der Waals surface area contributed by atoms with E-state index in [9.17, 15) is 18.8 Å². The van der Waals surface area contributed by atoms with E-state index in [-0.39, 0.29) is 30.6 Å². The third-order valence-electron chi connectivity index (χ3n) is 9.66. The summed E-state index contributed by atoms with van der Waals surface area (Å²) in [5, 5.41) is 6.76. The molecule has 7 rings (SSSR count). The van der Waals surface area contributed by atoms with Crippen molar-refractivity contribution in [2.75, 3.05) is 19.0 Å². The molecule has 3 aromatic carbocycles. The number of amides is 3. The molecule has 0 bridgehead atoms. The van der Waals surface area contributed by atoms with E-state index < -0.39 is 35.5 Å². The molecule has 1 saturated carbocycles. The van der Waals surface area contributed by atoms with Gasteiger partial charge in [-0.15, -0.1) is 0 Å². The lowest BCUT2D eigenvalue weighted by atomic mass is 10.0.